The van der Waals surface area contributed by atoms with E-state index in [4.69, 9.17) is 10.5 Å². The zero-order chi connectivity index (χ0) is 12.3. The maximum Gasteiger partial charge on any atom is 0.119 e. The molecule has 0 aromatic heterocycles. The zero-order valence-electron chi connectivity index (χ0n) is 11.0. The van der Waals surface area contributed by atoms with E-state index in [1.54, 1.807) is 0 Å². The van der Waals surface area contributed by atoms with Crippen molar-refractivity contribution >= 4 is 0 Å². The van der Waals surface area contributed by atoms with Crippen molar-refractivity contribution in [2.24, 2.45) is 5.73 Å². The average molecular weight is 233 g/mol. The Bertz CT molecular complexity index is 381. The van der Waals surface area contributed by atoms with Gasteiger partial charge in [0.2, 0.25) is 0 Å². The molecule has 0 heterocycles. The highest BCUT2D eigenvalue weighted by molar-refractivity contribution is 5.40. The molecule has 2 nitrogen and oxygen atoms in total. The molecule has 0 atom stereocenters. The fourth-order valence-corrected chi connectivity index (χ4v) is 3.12. The summed E-state index contributed by atoms with van der Waals surface area (Å²) in [5, 5.41) is 0. The second-order valence-corrected chi connectivity index (χ2v) is 5.10. The number of aryl methyl sites for hydroxylation is 1. The van der Waals surface area contributed by atoms with Crippen LogP contribution in [0.25, 0.3) is 0 Å². The van der Waals surface area contributed by atoms with Crippen LogP contribution in [-0.4, -0.2) is 13.2 Å². The number of benzene rings is 1. The van der Waals surface area contributed by atoms with Crippen molar-refractivity contribution in [3.8, 4) is 5.75 Å². The summed E-state index contributed by atoms with van der Waals surface area (Å²) in [7, 11) is 0. The third-order valence-corrected chi connectivity index (χ3v) is 4.03. The first kappa shape index (κ1) is 12.4. The highest BCUT2D eigenvalue weighted by atomic mass is 16.5. The minimum absolute atomic E-state index is 0.231. The molecule has 1 fully saturated rings. The highest BCUT2D eigenvalue weighted by Gasteiger charge is 2.35. The molecule has 1 aliphatic carbocycles. The summed E-state index contributed by atoms with van der Waals surface area (Å²) in [6, 6.07) is 6.45. The molecule has 0 bridgehead atoms. The molecule has 0 saturated heterocycles. The van der Waals surface area contributed by atoms with Gasteiger partial charge in [-0.25, -0.2) is 0 Å². The lowest BCUT2D eigenvalue weighted by molar-refractivity contribution is 0.339. The van der Waals surface area contributed by atoms with Gasteiger partial charge in [0.25, 0.3) is 0 Å². The predicted molar refractivity (Wildman–Crippen MR) is 71.5 cm³/mol. The molecule has 1 saturated carbocycles. The Morgan fingerprint density at radius 3 is 2.53 bits per heavy atom. The fraction of sp³-hybridized carbons (Fsp3) is 0.600. The molecule has 2 N–H and O–H groups in total. The van der Waals surface area contributed by atoms with Gasteiger partial charge in [-0.3, -0.25) is 0 Å². The van der Waals surface area contributed by atoms with Crippen molar-refractivity contribution < 1.29 is 4.74 Å². The SMILES string of the molecule is CCOc1ccc(C2(CN)CCCC2)c(C)c1. The van der Waals surface area contributed by atoms with Crippen molar-refractivity contribution in [3.63, 3.8) is 0 Å². The molecule has 0 spiro atoms. The molecule has 0 unspecified atom stereocenters. The lowest BCUT2D eigenvalue weighted by atomic mass is 9.77. The fourth-order valence-electron chi connectivity index (χ4n) is 3.12. The number of hydrogen-bond donors (Lipinski definition) is 1. The number of ether oxygens (including phenoxy) is 1. The van der Waals surface area contributed by atoms with Crippen molar-refractivity contribution in [3.05, 3.63) is 29.3 Å². The van der Waals surface area contributed by atoms with E-state index < -0.39 is 0 Å². The van der Waals surface area contributed by atoms with Gasteiger partial charge in [-0.1, -0.05) is 18.9 Å². The van der Waals surface area contributed by atoms with E-state index in [0.29, 0.717) is 0 Å². The van der Waals surface area contributed by atoms with Crippen molar-refractivity contribution in [1.82, 2.24) is 0 Å². The van der Waals surface area contributed by atoms with Gasteiger partial charge in [0, 0.05) is 12.0 Å². The molecule has 0 aliphatic heterocycles. The van der Waals surface area contributed by atoms with Crippen molar-refractivity contribution in [1.29, 1.82) is 0 Å². The Kier molecular flexibility index (Phi) is 3.72. The molecule has 0 amide bonds. The first-order chi connectivity index (χ1) is 8.22. The summed E-state index contributed by atoms with van der Waals surface area (Å²) >= 11 is 0. The number of rotatable bonds is 4. The van der Waals surface area contributed by atoms with E-state index in [1.807, 2.05) is 6.92 Å². The predicted octanol–water partition coefficient (Wildman–Crippen LogP) is 3.16. The lowest BCUT2D eigenvalue weighted by Crippen LogP contribution is -2.32. The minimum Gasteiger partial charge on any atom is -0.494 e. The smallest absolute Gasteiger partial charge is 0.119 e. The largest absolute Gasteiger partial charge is 0.494 e. The molecular formula is C15H23NO. The standard InChI is InChI=1S/C15H23NO/c1-3-17-13-6-7-14(12(2)10-13)15(11-16)8-4-5-9-15/h6-7,10H,3-5,8-9,11,16H2,1-2H3. The summed E-state index contributed by atoms with van der Waals surface area (Å²) in [4.78, 5) is 0. The molecule has 1 aromatic carbocycles. The van der Waals surface area contributed by atoms with Gasteiger partial charge >= 0.3 is 0 Å². The molecule has 17 heavy (non-hydrogen) atoms. The quantitative estimate of drug-likeness (QED) is 0.867. The van der Waals surface area contributed by atoms with Crippen LogP contribution in [0.2, 0.25) is 0 Å². The maximum atomic E-state index is 6.04. The Labute approximate surface area is 104 Å². The van der Waals surface area contributed by atoms with Crippen molar-refractivity contribution in [2.75, 3.05) is 13.2 Å². The van der Waals surface area contributed by atoms with Crippen LogP contribution in [0.15, 0.2) is 18.2 Å². The lowest BCUT2D eigenvalue weighted by Gasteiger charge is -2.29. The summed E-state index contributed by atoms with van der Waals surface area (Å²) in [6.45, 7) is 5.68. The molecular weight excluding hydrogens is 210 g/mol. The highest BCUT2D eigenvalue weighted by Crippen LogP contribution is 2.42. The molecule has 94 valence electrons. The summed E-state index contributed by atoms with van der Waals surface area (Å²) in [5.74, 6) is 0.971. The third-order valence-electron chi connectivity index (χ3n) is 4.03. The second-order valence-electron chi connectivity index (χ2n) is 5.10. The molecule has 1 aromatic rings. The van der Waals surface area contributed by atoms with Crippen molar-refractivity contribution in [2.45, 2.75) is 44.9 Å². The van der Waals surface area contributed by atoms with Crippen LogP contribution in [0, 0.1) is 6.92 Å². The van der Waals surface area contributed by atoms with E-state index in [1.165, 1.54) is 36.8 Å². The van der Waals surface area contributed by atoms with Crippen LogP contribution in [0.1, 0.15) is 43.7 Å². The maximum absolute atomic E-state index is 6.04. The Morgan fingerprint density at radius 2 is 2.00 bits per heavy atom. The van der Waals surface area contributed by atoms with Crippen LogP contribution in [-0.2, 0) is 5.41 Å². The number of nitrogens with two attached hydrogens (primary N) is 1. The normalized spacial score (nSPS) is 18.3. The Hall–Kier alpha value is -1.02. The van der Waals surface area contributed by atoms with E-state index in [2.05, 4.69) is 25.1 Å². The molecule has 2 heteroatoms. The topological polar surface area (TPSA) is 35.2 Å². The van der Waals surface area contributed by atoms with Crippen LogP contribution >= 0.6 is 0 Å². The summed E-state index contributed by atoms with van der Waals surface area (Å²) < 4.78 is 5.54. The van der Waals surface area contributed by atoms with Crippen LogP contribution in [0.4, 0.5) is 0 Å². The van der Waals surface area contributed by atoms with Crippen LogP contribution in [0.5, 0.6) is 5.75 Å². The first-order valence-corrected chi connectivity index (χ1v) is 6.66. The zero-order valence-corrected chi connectivity index (χ0v) is 11.0. The van der Waals surface area contributed by atoms with Crippen LogP contribution in [0.3, 0.4) is 0 Å². The van der Waals surface area contributed by atoms with E-state index in [9.17, 15) is 0 Å². The monoisotopic (exact) mass is 233 g/mol. The average Bonchev–Trinajstić information content (AvgIpc) is 2.79. The third kappa shape index (κ3) is 2.32. The van der Waals surface area contributed by atoms with Gasteiger partial charge in [0.15, 0.2) is 0 Å². The second kappa shape index (κ2) is 5.09. The molecule has 1 aliphatic rings. The van der Waals surface area contributed by atoms with Gasteiger partial charge < -0.3 is 10.5 Å². The number of hydrogen-bond acceptors (Lipinski definition) is 2. The summed E-state index contributed by atoms with van der Waals surface area (Å²) in [5.41, 5.74) is 9.02. The van der Waals surface area contributed by atoms with E-state index >= 15 is 0 Å². The first-order valence-electron chi connectivity index (χ1n) is 6.66. The van der Waals surface area contributed by atoms with Gasteiger partial charge in [-0.2, -0.15) is 0 Å². The van der Waals surface area contributed by atoms with E-state index in [0.717, 1.165) is 18.9 Å². The molecule has 2 rings (SSSR count). The van der Waals surface area contributed by atoms with Gasteiger partial charge in [-0.15, -0.1) is 0 Å². The Balaban J connectivity index is 2.31. The van der Waals surface area contributed by atoms with E-state index in [-0.39, 0.29) is 5.41 Å². The summed E-state index contributed by atoms with van der Waals surface area (Å²) in [6.07, 6.45) is 5.09. The van der Waals surface area contributed by atoms with Crippen LogP contribution < -0.4 is 10.5 Å². The van der Waals surface area contributed by atoms with Gasteiger partial charge in [0.1, 0.15) is 5.75 Å². The Morgan fingerprint density at radius 1 is 1.29 bits per heavy atom. The van der Waals surface area contributed by atoms with Gasteiger partial charge in [0.05, 0.1) is 6.61 Å². The minimum atomic E-state index is 0.231. The van der Waals surface area contributed by atoms with Gasteiger partial charge in [-0.05, 0) is 49.9 Å². The molecule has 0 radical (unpaired) electrons.